The number of carbonyl (C=O) groups is 1. The van der Waals surface area contributed by atoms with Crippen LogP contribution in [0.25, 0.3) is 0 Å². The SMILES string of the molecule is COc1ccc(OCCCC(=O)NCc2ccc(Cl)cc2)cc1. The predicted molar refractivity (Wildman–Crippen MR) is 91.0 cm³/mol. The van der Waals surface area contributed by atoms with E-state index >= 15 is 0 Å². The Balaban J connectivity index is 1.61. The van der Waals surface area contributed by atoms with Gasteiger partial charge in [0.25, 0.3) is 0 Å². The molecule has 0 aliphatic carbocycles. The van der Waals surface area contributed by atoms with Crippen LogP contribution in [0.3, 0.4) is 0 Å². The van der Waals surface area contributed by atoms with Crippen molar-refractivity contribution in [2.75, 3.05) is 13.7 Å². The molecule has 23 heavy (non-hydrogen) atoms. The molecule has 0 aliphatic rings. The van der Waals surface area contributed by atoms with Crippen molar-refractivity contribution >= 4 is 17.5 Å². The highest BCUT2D eigenvalue weighted by atomic mass is 35.5. The van der Waals surface area contributed by atoms with Gasteiger partial charge in [-0.3, -0.25) is 4.79 Å². The average molecular weight is 334 g/mol. The van der Waals surface area contributed by atoms with Gasteiger partial charge in [-0.2, -0.15) is 0 Å². The zero-order valence-electron chi connectivity index (χ0n) is 13.0. The van der Waals surface area contributed by atoms with Crippen LogP contribution in [0.1, 0.15) is 18.4 Å². The summed E-state index contributed by atoms with van der Waals surface area (Å²) in [6.07, 6.45) is 1.10. The first-order chi connectivity index (χ1) is 11.2. The fraction of sp³-hybridized carbons (Fsp3) is 0.278. The number of ether oxygens (including phenoxy) is 2. The van der Waals surface area contributed by atoms with E-state index in [-0.39, 0.29) is 5.91 Å². The van der Waals surface area contributed by atoms with E-state index in [0.29, 0.717) is 31.0 Å². The molecule has 0 saturated carbocycles. The van der Waals surface area contributed by atoms with Crippen LogP contribution < -0.4 is 14.8 Å². The molecule has 0 saturated heterocycles. The third-order valence-electron chi connectivity index (χ3n) is 3.28. The normalized spacial score (nSPS) is 10.2. The van der Waals surface area contributed by atoms with Crippen molar-refractivity contribution in [3.8, 4) is 11.5 Å². The molecule has 4 nitrogen and oxygen atoms in total. The minimum absolute atomic E-state index is 0.0123. The van der Waals surface area contributed by atoms with Crippen LogP contribution >= 0.6 is 11.6 Å². The molecule has 2 rings (SSSR count). The van der Waals surface area contributed by atoms with E-state index in [1.165, 1.54) is 0 Å². The van der Waals surface area contributed by atoms with E-state index in [4.69, 9.17) is 21.1 Å². The molecule has 122 valence electrons. The van der Waals surface area contributed by atoms with E-state index in [0.717, 1.165) is 17.1 Å². The second-order valence-electron chi connectivity index (χ2n) is 5.03. The Kier molecular flexibility index (Phi) is 6.76. The third-order valence-corrected chi connectivity index (χ3v) is 3.53. The largest absolute Gasteiger partial charge is 0.497 e. The lowest BCUT2D eigenvalue weighted by atomic mass is 10.2. The molecule has 0 atom stereocenters. The summed E-state index contributed by atoms with van der Waals surface area (Å²) in [7, 11) is 1.62. The van der Waals surface area contributed by atoms with Gasteiger partial charge in [-0.25, -0.2) is 0 Å². The molecular weight excluding hydrogens is 314 g/mol. The Bertz CT molecular complexity index is 611. The molecule has 0 unspecified atom stereocenters. The minimum Gasteiger partial charge on any atom is -0.497 e. The highest BCUT2D eigenvalue weighted by Crippen LogP contribution is 2.17. The summed E-state index contributed by atoms with van der Waals surface area (Å²) < 4.78 is 10.7. The first-order valence-electron chi connectivity index (χ1n) is 7.45. The first kappa shape index (κ1) is 17.2. The molecular formula is C18H20ClNO3. The lowest BCUT2D eigenvalue weighted by molar-refractivity contribution is -0.121. The van der Waals surface area contributed by atoms with Crippen LogP contribution in [0.4, 0.5) is 0 Å². The maximum atomic E-state index is 11.8. The van der Waals surface area contributed by atoms with Gasteiger partial charge in [0.05, 0.1) is 13.7 Å². The maximum absolute atomic E-state index is 11.8. The molecule has 1 amide bonds. The summed E-state index contributed by atoms with van der Waals surface area (Å²) >= 11 is 5.82. The monoisotopic (exact) mass is 333 g/mol. The van der Waals surface area contributed by atoms with Crippen molar-refractivity contribution in [3.63, 3.8) is 0 Å². The molecule has 0 fully saturated rings. The van der Waals surface area contributed by atoms with Gasteiger partial charge in [0.1, 0.15) is 11.5 Å². The summed E-state index contributed by atoms with van der Waals surface area (Å²) in [4.78, 5) is 11.8. The molecule has 0 radical (unpaired) electrons. The number of carbonyl (C=O) groups excluding carboxylic acids is 1. The average Bonchev–Trinajstić information content (AvgIpc) is 2.59. The highest BCUT2D eigenvalue weighted by molar-refractivity contribution is 6.30. The quantitative estimate of drug-likeness (QED) is 0.747. The smallest absolute Gasteiger partial charge is 0.220 e. The van der Waals surface area contributed by atoms with Gasteiger partial charge < -0.3 is 14.8 Å². The van der Waals surface area contributed by atoms with Crippen molar-refractivity contribution in [2.45, 2.75) is 19.4 Å². The summed E-state index contributed by atoms with van der Waals surface area (Å²) in [5.74, 6) is 1.57. The van der Waals surface area contributed by atoms with Crippen LogP contribution in [0.2, 0.25) is 5.02 Å². The summed E-state index contributed by atoms with van der Waals surface area (Å²) in [6, 6.07) is 14.8. The van der Waals surface area contributed by atoms with Crippen molar-refractivity contribution in [1.82, 2.24) is 5.32 Å². The van der Waals surface area contributed by atoms with Crippen LogP contribution in [0.15, 0.2) is 48.5 Å². The van der Waals surface area contributed by atoms with Crippen molar-refractivity contribution in [3.05, 3.63) is 59.1 Å². The van der Waals surface area contributed by atoms with Crippen LogP contribution in [0.5, 0.6) is 11.5 Å². The van der Waals surface area contributed by atoms with Crippen molar-refractivity contribution in [1.29, 1.82) is 0 Å². The Labute approximate surface area is 141 Å². The summed E-state index contributed by atoms with van der Waals surface area (Å²) in [6.45, 7) is 1.01. The number of nitrogens with one attached hydrogen (secondary N) is 1. The fourth-order valence-corrected chi connectivity index (χ4v) is 2.11. The fourth-order valence-electron chi connectivity index (χ4n) is 1.99. The zero-order valence-corrected chi connectivity index (χ0v) is 13.8. The van der Waals surface area contributed by atoms with E-state index in [1.807, 2.05) is 48.5 Å². The second-order valence-corrected chi connectivity index (χ2v) is 5.47. The third kappa shape index (κ3) is 6.20. The Morgan fingerprint density at radius 3 is 2.35 bits per heavy atom. The van der Waals surface area contributed by atoms with Crippen molar-refractivity contribution in [2.24, 2.45) is 0 Å². The number of halogens is 1. The Morgan fingerprint density at radius 1 is 1.04 bits per heavy atom. The predicted octanol–water partition coefficient (Wildman–Crippen LogP) is 3.82. The van der Waals surface area contributed by atoms with E-state index in [9.17, 15) is 4.79 Å². The Hall–Kier alpha value is -2.20. The number of benzene rings is 2. The van der Waals surface area contributed by atoms with E-state index in [1.54, 1.807) is 7.11 Å². The van der Waals surface area contributed by atoms with Gasteiger partial charge >= 0.3 is 0 Å². The lowest BCUT2D eigenvalue weighted by Crippen LogP contribution is -2.22. The molecule has 0 bridgehead atoms. The van der Waals surface area contributed by atoms with E-state index < -0.39 is 0 Å². The molecule has 0 aliphatic heterocycles. The van der Waals surface area contributed by atoms with Gasteiger partial charge in [-0.05, 0) is 48.4 Å². The molecule has 1 N–H and O–H groups in total. The minimum atomic E-state index is 0.0123. The van der Waals surface area contributed by atoms with Crippen LogP contribution in [-0.4, -0.2) is 19.6 Å². The number of methoxy groups -OCH3 is 1. The van der Waals surface area contributed by atoms with Crippen LogP contribution in [-0.2, 0) is 11.3 Å². The summed E-state index contributed by atoms with van der Waals surface area (Å²) in [5, 5.41) is 3.57. The number of rotatable bonds is 8. The van der Waals surface area contributed by atoms with Crippen LogP contribution in [0, 0.1) is 0 Å². The van der Waals surface area contributed by atoms with Gasteiger partial charge in [0.15, 0.2) is 0 Å². The molecule has 0 aromatic heterocycles. The molecule has 5 heteroatoms. The number of hydrogen-bond donors (Lipinski definition) is 1. The molecule has 2 aromatic rings. The van der Waals surface area contributed by atoms with Gasteiger partial charge in [-0.15, -0.1) is 0 Å². The summed E-state index contributed by atoms with van der Waals surface area (Å²) in [5.41, 5.74) is 1.03. The van der Waals surface area contributed by atoms with Gasteiger partial charge in [-0.1, -0.05) is 23.7 Å². The lowest BCUT2D eigenvalue weighted by Gasteiger charge is -2.08. The standard InChI is InChI=1S/C18H20ClNO3/c1-22-16-8-10-17(11-9-16)23-12-2-3-18(21)20-13-14-4-6-15(19)7-5-14/h4-11H,2-3,12-13H2,1H3,(H,20,21). The topological polar surface area (TPSA) is 47.6 Å². The van der Waals surface area contributed by atoms with E-state index in [2.05, 4.69) is 5.32 Å². The number of hydrogen-bond acceptors (Lipinski definition) is 3. The zero-order chi connectivity index (χ0) is 16.5. The second kappa shape index (κ2) is 9.06. The first-order valence-corrected chi connectivity index (χ1v) is 7.83. The number of amides is 1. The molecule has 2 aromatic carbocycles. The van der Waals surface area contributed by atoms with Gasteiger partial charge in [0, 0.05) is 18.0 Å². The molecule has 0 heterocycles. The van der Waals surface area contributed by atoms with Gasteiger partial charge in [0.2, 0.25) is 5.91 Å². The Morgan fingerprint density at radius 2 is 1.70 bits per heavy atom. The highest BCUT2D eigenvalue weighted by Gasteiger charge is 2.02. The maximum Gasteiger partial charge on any atom is 0.220 e. The molecule has 0 spiro atoms. The van der Waals surface area contributed by atoms with Crippen molar-refractivity contribution < 1.29 is 14.3 Å².